The van der Waals surface area contributed by atoms with E-state index in [2.05, 4.69) is 74.4 Å². The number of aromatic hydroxyl groups is 1. The van der Waals surface area contributed by atoms with E-state index in [-0.39, 0.29) is 108 Å². The number of amides is 15. The van der Waals surface area contributed by atoms with Gasteiger partial charge in [0.2, 0.25) is 88.6 Å². The van der Waals surface area contributed by atoms with Crippen LogP contribution in [0.1, 0.15) is 167 Å². The zero-order chi connectivity index (χ0) is 94.4. The van der Waals surface area contributed by atoms with Crippen LogP contribution in [0, 0.1) is 11.8 Å². The number of carboxylic acids is 3. The molecule has 14 atom stereocenters. The van der Waals surface area contributed by atoms with Gasteiger partial charge in [-0.15, -0.1) is 0 Å². The maximum atomic E-state index is 14.7. The summed E-state index contributed by atoms with van der Waals surface area (Å²) in [6.45, 7) is 10.6. The van der Waals surface area contributed by atoms with E-state index in [0.717, 1.165) is 0 Å². The predicted molar refractivity (Wildman–Crippen MR) is 464 cm³/mol. The Morgan fingerprint density at radius 2 is 0.583 bits per heavy atom. The molecule has 0 spiro atoms. The average Bonchev–Trinajstić information content (AvgIpc) is 0.848. The van der Waals surface area contributed by atoms with Gasteiger partial charge in [0, 0.05) is 45.4 Å². The van der Waals surface area contributed by atoms with E-state index in [4.69, 9.17) is 22.9 Å². The van der Waals surface area contributed by atoms with Crippen LogP contribution in [0.5, 0.6) is 5.75 Å². The van der Waals surface area contributed by atoms with Crippen LogP contribution >= 0.6 is 0 Å². The molecule has 0 saturated carbocycles. The molecule has 4 aromatic rings. The van der Waals surface area contributed by atoms with Gasteiger partial charge in [-0.2, -0.15) is 0 Å². The average molecular weight is 1780 g/mol. The number of nitrogens with one attached hydrogen (secondary N) is 14. The second-order valence-electron chi connectivity index (χ2n) is 31.8. The van der Waals surface area contributed by atoms with Crippen molar-refractivity contribution in [1.29, 1.82) is 0 Å². The number of nitrogens with two attached hydrogens (primary N) is 4. The largest absolute Gasteiger partial charge is 0.508 e. The highest BCUT2D eigenvalue weighted by Gasteiger charge is 2.39. The molecular formula is C87H126N18O22. The number of carbonyl (C=O) groups excluding carboxylic acids is 15. The van der Waals surface area contributed by atoms with E-state index in [0.29, 0.717) is 35.1 Å². The molecule has 40 nitrogen and oxygen atoms in total. The zero-order valence-corrected chi connectivity index (χ0v) is 72.7. The summed E-state index contributed by atoms with van der Waals surface area (Å²) >= 11 is 0. The Bertz CT molecular complexity index is 4320. The monoisotopic (exact) mass is 1770 g/mol. The third-order valence-corrected chi connectivity index (χ3v) is 20.2. The first-order valence-electron chi connectivity index (χ1n) is 42.4. The van der Waals surface area contributed by atoms with E-state index in [1.54, 1.807) is 105 Å². The highest BCUT2D eigenvalue weighted by molar-refractivity contribution is 6.01. The van der Waals surface area contributed by atoms with Crippen LogP contribution in [0.3, 0.4) is 0 Å². The summed E-state index contributed by atoms with van der Waals surface area (Å²) in [5.41, 5.74) is 25.4. The molecular weight excluding hydrogens is 1650 g/mol. The molecule has 0 fully saturated rings. The van der Waals surface area contributed by atoms with Crippen molar-refractivity contribution in [2.24, 2.45) is 34.8 Å². The third-order valence-electron chi connectivity index (χ3n) is 20.2. The maximum absolute atomic E-state index is 14.7. The highest BCUT2D eigenvalue weighted by atomic mass is 16.4. The van der Waals surface area contributed by atoms with Crippen molar-refractivity contribution in [3.8, 4) is 5.75 Å². The minimum absolute atomic E-state index is 0.0109. The minimum Gasteiger partial charge on any atom is -0.508 e. The summed E-state index contributed by atoms with van der Waals surface area (Å²) in [7, 11) is 0. The molecule has 4 aromatic carbocycles. The molecule has 0 radical (unpaired) electrons. The number of aliphatic carboxylic acids is 3. The van der Waals surface area contributed by atoms with Crippen LogP contribution in [0.15, 0.2) is 115 Å². The van der Waals surface area contributed by atoms with Gasteiger partial charge in [0.15, 0.2) is 0 Å². The Morgan fingerprint density at radius 1 is 0.299 bits per heavy atom. The van der Waals surface area contributed by atoms with Gasteiger partial charge in [-0.1, -0.05) is 131 Å². The fourth-order valence-electron chi connectivity index (χ4n) is 13.3. The highest BCUT2D eigenvalue weighted by Crippen LogP contribution is 2.18. The standard InChI is InChI=1S/C87H126N18O22/c1-49(2)43-65(82(122)96-59(29-17-20-40-88)77(117)98-63(37-39-71(110)111)80(120)102-67(46-56-27-15-10-16-28-56)83(123)99-64(74(91)114)44-54-23-11-8-12-24-54)101-78(118)60(30-18-21-41-89)95-79(119)62(36-38-70(108)109)94-76(116)52(6)93-87(127)73(50(3)4)105-81(121)61(31-19-22-42-90)97-86(126)69(48-72(112)113)104-85(125)68(47-57-32-34-58(107)35-33-57)103-84(124)66(45-55-25-13-9-14-26-55)100-75(115)51(5)92-53(7)106/h8-16,23-28,32-35,49-52,59-69,73,107H,17-22,29-31,36-48,88-90H2,1-7H3,(H2,91,114)(H,92,106)(H,93,127)(H,94,116)(H,95,119)(H,96,122)(H,97,126)(H,98,117)(H,99,123)(H,100,115)(H,101,118)(H,102,120)(H,103,124)(H,104,125)(H,105,121)(H,108,109)(H,110,111)(H,112,113). The first-order valence-corrected chi connectivity index (χ1v) is 42.4. The summed E-state index contributed by atoms with van der Waals surface area (Å²) in [4.78, 5) is 248. The molecule has 0 aliphatic carbocycles. The van der Waals surface area contributed by atoms with Gasteiger partial charge in [0.25, 0.3) is 0 Å². The lowest BCUT2D eigenvalue weighted by Crippen LogP contribution is -2.61. The molecule has 0 aromatic heterocycles. The zero-order valence-electron chi connectivity index (χ0n) is 72.7. The Kier molecular flexibility index (Phi) is 47.0. The lowest BCUT2D eigenvalue weighted by Gasteiger charge is -2.29. The number of hydrogen-bond acceptors (Lipinski definition) is 22. The molecule has 14 unspecified atom stereocenters. The summed E-state index contributed by atoms with van der Waals surface area (Å²) in [6.07, 6.45) is -3.30. The van der Waals surface area contributed by atoms with Crippen LogP contribution in [0.25, 0.3) is 0 Å². The van der Waals surface area contributed by atoms with E-state index >= 15 is 0 Å². The maximum Gasteiger partial charge on any atom is 0.305 e. The SMILES string of the molecule is CC(=O)NC(C)C(=O)NC(Cc1ccccc1)C(=O)NC(Cc1ccc(O)cc1)C(=O)NC(CC(=O)O)C(=O)NC(CCCCN)C(=O)NC(C(=O)NC(C)C(=O)NC(CCC(=O)O)C(=O)NC(CCCCN)C(=O)NC(CC(C)C)C(=O)NC(CCCCN)C(=O)NC(CCC(=O)O)C(=O)NC(Cc1ccccc1)C(=O)NC(Cc1ccccc1)C(N)=O)C(C)C. The molecule has 15 amide bonds. The molecule has 26 N–H and O–H groups in total. The van der Waals surface area contributed by atoms with Crippen LogP contribution in [0.2, 0.25) is 0 Å². The molecule has 0 bridgehead atoms. The number of carboxylic acid groups (broad SMARTS) is 3. The van der Waals surface area contributed by atoms with Crippen molar-refractivity contribution in [3.05, 3.63) is 138 Å². The number of hydrogen-bond donors (Lipinski definition) is 22. The van der Waals surface area contributed by atoms with E-state index in [1.807, 2.05) is 0 Å². The van der Waals surface area contributed by atoms with Crippen LogP contribution < -0.4 is 97.4 Å². The van der Waals surface area contributed by atoms with Gasteiger partial charge in [0.05, 0.1) is 6.42 Å². The lowest BCUT2D eigenvalue weighted by atomic mass is 10.00. The number of rotatable bonds is 59. The number of primary amides is 1. The number of benzene rings is 4. The minimum atomic E-state index is -1.97. The Balaban J connectivity index is 1.58. The van der Waals surface area contributed by atoms with E-state index < -0.39 is 229 Å². The fourth-order valence-corrected chi connectivity index (χ4v) is 13.3. The smallest absolute Gasteiger partial charge is 0.305 e. The summed E-state index contributed by atoms with van der Waals surface area (Å²) in [5.74, 6) is -20.1. The van der Waals surface area contributed by atoms with E-state index in [9.17, 15) is 107 Å². The van der Waals surface area contributed by atoms with Crippen molar-refractivity contribution in [1.82, 2.24) is 74.4 Å². The quantitative estimate of drug-likeness (QED) is 0.0219. The molecule has 0 aliphatic rings. The van der Waals surface area contributed by atoms with Gasteiger partial charge < -0.3 is 118 Å². The Labute approximate surface area is 737 Å². The van der Waals surface area contributed by atoms with Gasteiger partial charge in [-0.3, -0.25) is 86.3 Å². The number of phenols is 1. The summed E-state index contributed by atoms with van der Waals surface area (Å²) in [6, 6.07) is 9.56. The van der Waals surface area contributed by atoms with Crippen LogP contribution in [-0.2, 0) is 112 Å². The van der Waals surface area contributed by atoms with Crippen molar-refractivity contribution >= 4 is 107 Å². The van der Waals surface area contributed by atoms with Crippen LogP contribution in [-0.4, -0.2) is 231 Å². The van der Waals surface area contributed by atoms with Crippen LogP contribution in [0.4, 0.5) is 0 Å². The van der Waals surface area contributed by atoms with Crippen molar-refractivity contribution in [2.45, 2.75) is 255 Å². The molecule has 0 heterocycles. The topological polar surface area (TPSA) is 661 Å². The van der Waals surface area contributed by atoms with Crippen molar-refractivity contribution in [2.75, 3.05) is 19.6 Å². The molecule has 696 valence electrons. The van der Waals surface area contributed by atoms with E-state index in [1.165, 1.54) is 58.9 Å². The molecule has 0 saturated heterocycles. The lowest BCUT2D eigenvalue weighted by molar-refractivity contribution is -0.142. The third kappa shape index (κ3) is 40.3. The molecule has 40 heteroatoms. The van der Waals surface area contributed by atoms with Gasteiger partial charge in [-0.05, 0) is 157 Å². The first-order chi connectivity index (χ1) is 60.2. The Hall–Kier alpha value is -13.0. The predicted octanol–water partition coefficient (Wildman–Crippen LogP) is -1.71. The van der Waals surface area contributed by atoms with Gasteiger partial charge in [0.1, 0.15) is 90.3 Å². The molecule has 127 heavy (non-hydrogen) atoms. The molecule has 4 rings (SSSR count). The number of carbonyl (C=O) groups is 18. The second-order valence-corrected chi connectivity index (χ2v) is 31.8. The van der Waals surface area contributed by atoms with Crippen molar-refractivity contribution < 1.29 is 107 Å². The van der Waals surface area contributed by atoms with Gasteiger partial charge in [-0.25, -0.2) is 0 Å². The number of unbranched alkanes of at least 4 members (excludes halogenated alkanes) is 3. The fraction of sp³-hybridized carbons (Fsp3) is 0.517. The number of phenolic OH excluding ortho intramolecular Hbond substituents is 1. The summed E-state index contributed by atoms with van der Waals surface area (Å²) in [5, 5.41) is 75.4. The second kappa shape index (κ2) is 56.1. The normalized spacial score (nSPS) is 14.4. The molecule has 0 aliphatic heterocycles. The Morgan fingerprint density at radius 3 is 0.921 bits per heavy atom. The first kappa shape index (κ1) is 106. The van der Waals surface area contributed by atoms with Gasteiger partial charge >= 0.3 is 17.9 Å². The van der Waals surface area contributed by atoms with Crippen molar-refractivity contribution in [3.63, 3.8) is 0 Å². The summed E-state index contributed by atoms with van der Waals surface area (Å²) < 4.78 is 0.